The zero-order valence-electron chi connectivity index (χ0n) is 20.6. The van der Waals surface area contributed by atoms with Gasteiger partial charge in [0.1, 0.15) is 11.5 Å². The lowest BCUT2D eigenvalue weighted by molar-refractivity contribution is -0.162. The summed E-state index contributed by atoms with van der Waals surface area (Å²) in [5.74, 6) is 1.84. The summed E-state index contributed by atoms with van der Waals surface area (Å²) in [4.78, 5) is 0. The van der Waals surface area contributed by atoms with Crippen LogP contribution >= 0.6 is 0 Å². The minimum absolute atomic E-state index is 0.126. The average molecular weight is 455 g/mol. The molecule has 0 amide bonds. The monoisotopic (exact) mass is 454 g/mol. The van der Waals surface area contributed by atoms with Crippen LogP contribution in [0.25, 0.3) is 0 Å². The molecule has 0 aliphatic heterocycles. The molecule has 2 unspecified atom stereocenters. The molecule has 176 valence electrons. The molecular weight excluding hydrogens is 420 g/mol. The highest BCUT2D eigenvalue weighted by Crippen LogP contribution is 2.76. The Balaban J connectivity index is 1.65. The van der Waals surface area contributed by atoms with Crippen molar-refractivity contribution in [2.24, 2.45) is 16.7 Å². The first kappa shape index (κ1) is 22.8. The van der Waals surface area contributed by atoms with E-state index in [1.54, 1.807) is 12.5 Å². The first-order valence-corrected chi connectivity index (χ1v) is 12.7. The maximum Gasteiger partial charge on any atom is 0.292 e. The number of nitriles is 2. The molecule has 4 aliphatic carbocycles. The number of hydrogen-bond acceptors (Lipinski definition) is 4. The summed E-state index contributed by atoms with van der Waals surface area (Å²) in [7, 11) is 0. The van der Waals surface area contributed by atoms with Crippen LogP contribution in [-0.2, 0) is 10.8 Å². The summed E-state index contributed by atoms with van der Waals surface area (Å²) >= 11 is 0. The number of rotatable bonds is 7. The third-order valence-corrected chi connectivity index (χ3v) is 9.48. The molecule has 4 aliphatic rings. The van der Waals surface area contributed by atoms with Crippen LogP contribution in [0, 0.1) is 39.8 Å². The Morgan fingerprint density at radius 2 is 1.21 bits per heavy atom. The Bertz CT molecular complexity index is 1060. The van der Waals surface area contributed by atoms with Gasteiger partial charge in [-0.05, 0) is 108 Å². The lowest BCUT2D eigenvalue weighted by Gasteiger charge is -2.72. The zero-order chi connectivity index (χ0) is 24.0. The molecule has 6 rings (SSSR count). The summed E-state index contributed by atoms with van der Waals surface area (Å²) in [6.45, 7) is 7.20. The van der Waals surface area contributed by atoms with Gasteiger partial charge in [0.25, 0.3) is 12.5 Å². The second-order valence-corrected chi connectivity index (χ2v) is 11.8. The molecule has 0 spiro atoms. The van der Waals surface area contributed by atoms with Gasteiger partial charge < -0.3 is 9.47 Å². The van der Waals surface area contributed by atoms with Crippen LogP contribution in [0.1, 0.15) is 83.3 Å². The minimum atomic E-state index is 0.126. The van der Waals surface area contributed by atoms with Gasteiger partial charge in [-0.2, -0.15) is 0 Å². The molecule has 4 saturated carbocycles. The molecule has 2 aromatic carbocycles. The van der Waals surface area contributed by atoms with Crippen molar-refractivity contribution in [3.8, 4) is 24.0 Å². The minimum Gasteiger partial charge on any atom is -0.388 e. The van der Waals surface area contributed by atoms with Gasteiger partial charge >= 0.3 is 0 Å². The van der Waals surface area contributed by atoms with Crippen molar-refractivity contribution in [2.75, 3.05) is 0 Å². The second kappa shape index (κ2) is 8.06. The highest BCUT2D eigenvalue weighted by molar-refractivity contribution is 5.43. The Morgan fingerprint density at radius 1 is 0.735 bits per heavy atom. The molecule has 0 radical (unpaired) electrons. The maximum atomic E-state index is 8.92. The molecule has 4 fully saturated rings. The Morgan fingerprint density at radius 3 is 1.59 bits per heavy atom. The van der Waals surface area contributed by atoms with E-state index in [1.165, 1.54) is 56.1 Å². The summed E-state index contributed by atoms with van der Waals surface area (Å²) in [5.41, 5.74) is 3.71. The first-order valence-electron chi connectivity index (χ1n) is 12.7. The van der Waals surface area contributed by atoms with Crippen LogP contribution in [-0.4, -0.2) is 0 Å². The standard InChI is InChI=1S/C30H34N2O2/c1-4-13-27-14-28(22(2)3)17-29(15-27,23-5-9-25(10-6-23)33-20-31)19-30(16-27,18-28)24-7-11-26(12-8-24)34-21-32/h5-12,22H,4,13-19H2,1-3H3. The molecule has 0 saturated heterocycles. The predicted molar refractivity (Wildman–Crippen MR) is 131 cm³/mol. The third kappa shape index (κ3) is 3.47. The van der Waals surface area contributed by atoms with Crippen LogP contribution in [0.15, 0.2) is 48.5 Å². The number of ether oxygens (including phenoxy) is 2. The van der Waals surface area contributed by atoms with Gasteiger partial charge in [-0.25, -0.2) is 0 Å². The predicted octanol–water partition coefficient (Wildman–Crippen LogP) is 7.39. The molecule has 34 heavy (non-hydrogen) atoms. The third-order valence-electron chi connectivity index (χ3n) is 9.48. The van der Waals surface area contributed by atoms with E-state index < -0.39 is 0 Å². The van der Waals surface area contributed by atoms with Crippen molar-refractivity contribution in [1.82, 2.24) is 0 Å². The molecule has 4 heteroatoms. The number of hydrogen-bond donors (Lipinski definition) is 0. The van der Waals surface area contributed by atoms with Crippen molar-refractivity contribution in [2.45, 2.75) is 83.0 Å². The van der Waals surface area contributed by atoms with Crippen molar-refractivity contribution in [3.05, 3.63) is 59.7 Å². The number of benzene rings is 2. The van der Waals surface area contributed by atoms with Crippen molar-refractivity contribution in [3.63, 3.8) is 0 Å². The topological polar surface area (TPSA) is 66.0 Å². The molecule has 4 nitrogen and oxygen atoms in total. The van der Waals surface area contributed by atoms with E-state index >= 15 is 0 Å². The highest BCUT2D eigenvalue weighted by Gasteiger charge is 2.68. The zero-order valence-corrected chi connectivity index (χ0v) is 20.6. The Labute approximate surface area is 203 Å². The van der Waals surface area contributed by atoms with Gasteiger partial charge in [0.2, 0.25) is 0 Å². The van der Waals surface area contributed by atoms with Gasteiger partial charge in [-0.1, -0.05) is 51.5 Å². The first-order chi connectivity index (χ1) is 16.3. The lowest BCUT2D eigenvalue weighted by Crippen LogP contribution is -2.65. The molecule has 0 heterocycles. The van der Waals surface area contributed by atoms with E-state index in [1.807, 2.05) is 24.3 Å². The van der Waals surface area contributed by atoms with Gasteiger partial charge in [0, 0.05) is 0 Å². The summed E-state index contributed by atoms with van der Waals surface area (Å²) in [6.07, 6.45) is 13.5. The quantitative estimate of drug-likeness (QED) is 0.409. The fraction of sp³-hybridized carbons (Fsp3) is 0.533. The van der Waals surface area contributed by atoms with Crippen LogP contribution < -0.4 is 9.47 Å². The van der Waals surface area contributed by atoms with Crippen LogP contribution in [0.2, 0.25) is 0 Å². The fourth-order valence-electron chi connectivity index (χ4n) is 8.81. The second-order valence-electron chi connectivity index (χ2n) is 11.8. The van der Waals surface area contributed by atoms with Crippen LogP contribution in [0.4, 0.5) is 0 Å². The van der Waals surface area contributed by atoms with E-state index in [-0.39, 0.29) is 10.8 Å². The largest absolute Gasteiger partial charge is 0.388 e. The summed E-state index contributed by atoms with van der Waals surface area (Å²) < 4.78 is 10.2. The van der Waals surface area contributed by atoms with Crippen LogP contribution in [0.5, 0.6) is 11.5 Å². The number of nitrogens with zero attached hydrogens (tertiary/aromatic N) is 2. The van der Waals surface area contributed by atoms with E-state index in [9.17, 15) is 0 Å². The maximum absolute atomic E-state index is 8.92. The van der Waals surface area contributed by atoms with Crippen molar-refractivity contribution < 1.29 is 9.47 Å². The van der Waals surface area contributed by atoms with Gasteiger partial charge in [0.05, 0.1) is 0 Å². The normalized spacial score (nSPS) is 33.4. The fourth-order valence-corrected chi connectivity index (χ4v) is 8.81. The van der Waals surface area contributed by atoms with Crippen molar-refractivity contribution >= 4 is 0 Å². The van der Waals surface area contributed by atoms with Crippen LogP contribution in [0.3, 0.4) is 0 Å². The molecule has 0 aromatic heterocycles. The van der Waals surface area contributed by atoms with Gasteiger partial charge in [-0.15, -0.1) is 10.5 Å². The SMILES string of the molecule is CCCC12CC3(c4ccc(OC#N)cc4)CC(c4ccc(OC#N)cc4)(C1)CC(C(C)C)(C2)C3. The molecule has 0 N–H and O–H groups in total. The molecule has 2 atom stereocenters. The van der Waals surface area contributed by atoms with Crippen molar-refractivity contribution in [1.29, 1.82) is 10.5 Å². The van der Waals surface area contributed by atoms with Gasteiger partial charge in [-0.3, -0.25) is 0 Å². The summed E-state index contributed by atoms with van der Waals surface area (Å²) in [5, 5.41) is 17.8. The van der Waals surface area contributed by atoms with E-state index in [2.05, 4.69) is 45.0 Å². The smallest absolute Gasteiger partial charge is 0.292 e. The molecule has 2 aromatic rings. The lowest BCUT2D eigenvalue weighted by atomic mass is 9.32. The Hall–Kier alpha value is -2.98. The van der Waals surface area contributed by atoms with E-state index in [0.717, 1.165) is 6.42 Å². The van der Waals surface area contributed by atoms with Gasteiger partial charge in [0.15, 0.2) is 0 Å². The highest BCUT2D eigenvalue weighted by atomic mass is 16.5. The average Bonchev–Trinajstić information content (AvgIpc) is 2.79. The molecule has 4 bridgehead atoms. The van der Waals surface area contributed by atoms with E-state index in [4.69, 9.17) is 20.0 Å². The summed E-state index contributed by atoms with van der Waals surface area (Å²) in [6, 6.07) is 16.7. The van der Waals surface area contributed by atoms with E-state index in [0.29, 0.717) is 28.2 Å². The Kier molecular flexibility index (Phi) is 5.40. The molecular formula is C30H34N2O2.